The molecule has 0 unspecified atom stereocenters. The third-order valence-corrected chi connectivity index (χ3v) is 4.25. The van der Waals surface area contributed by atoms with Crippen molar-refractivity contribution in [3.05, 3.63) is 96.1 Å². The van der Waals surface area contributed by atoms with Gasteiger partial charge in [-0.15, -0.1) is 0 Å². The summed E-state index contributed by atoms with van der Waals surface area (Å²) in [5, 5.41) is 12.1. The molecule has 3 rings (SSSR count). The quantitative estimate of drug-likeness (QED) is 0.351. The van der Waals surface area contributed by atoms with E-state index in [1.807, 2.05) is 12.2 Å². The SMILES string of the molecule is C=C1C=CC(=N)C=C1.O=C=O.[2H]C.[2H]CC(=O)OCc1ccc(NC(C)=O)cc1.[2H]CC(=O)OCc1ccc(NC(N)=O)cc1. The van der Waals surface area contributed by atoms with Gasteiger partial charge in [-0.1, -0.05) is 50.4 Å². The second kappa shape index (κ2) is 22.2. The molecule has 12 heteroatoms. The van der Waals surface area contributed by atoms with E-state index in [4.69, 9.17) is 34.3 Å². The number of esters is 2. The number of nitrogens with one attached hydrogen (secondary N) is 3. The van der Waals surface area contributed by atoms with Crippen molar-refractivity contribution in [1.29, 1.82) is 5.41 Å². The van der Waals surface area contributed by atoms with Gasteiger partial charge < -0.3 is 31.3 Å². The first kappa shape index (κ1) is 32.6. The summed E-state index contributed by atoms with van der Waals surface area (Å²) in [5.41, 5.74) is 9.30. The first-order chi connectivity index (χ1) is 21.4. The molecule has 5 N–H and O–H groups in total. The molecule has 224 valence electrons. The Hall–Kier alpha value is -5.61. The van der Waals surface area contributed by atoms with Gasteiger partial charge in [-0.2, -0.15) is 9.59 Å². The molecule has 0 aliphatic heterocycles. The van der Waals surface area contributed by atoms with Gasteiger partial charge in [0.1, 0.15) is 13.2 Å². The summed E-state index contributed by atoms with van der Waals surface area (Å²) >= 11 is 0. The lowest BCUT2D eigenvalue weighted by Gasteiger charge is -2.04. The maximum absolute atomic E-state index is 10.8. The van der Waals surface area contributed by atoms with Gasteiger partial charge in [0, 0.05) is 36.2 Å². The van der Waals surface area contributed by atoms with E-state index in [9.17, 15) is 19.2 Å². The number of nitrogens with two attached hydrogens (primary N) is 1. The molecule has 1 aliphatic rings. The average molecular weight is 584 g/mol. The van der Waals surface area contributed by atoms with Gasteiger partial charge in [0.2, 0.25) is 5.91 Å². The van der Waals surface area contributed by atoms with E-state index < -0.39 is 18.0 Å². The monoisotopic (exact) mass is 583 g/mol. The highest BCUT2D eigenvalue weighted by Crippen LogP contribution is 2.11. The highest BCUT2D eigenvalue weighted by Gasteiger charge is 1.99. The maximum atomic E-state index is 10.8. The Kier molecular flexibility index (Phi) is 17.3. The van der Waals surface area contributed by atoms with Crippen LogP contribution in [0.1, 0.15) is 43.4 Å². The number of rotatable bonds is 6. The summed E-state index contributed by atoms with van der Waals surface area (Å²) in [5.74, 6) is -1.25. The van der Waals surface area contributed by atoms with E-state index in [1.165, 1.54) is 14.3 Å². The summed E-state index contributed by atoms with van der Waals surface area (Å²) in [4.78, 5) is 59.0. The number of anilines is 2. The number of benzene rings is 2. The van der Waals surface area contributed by atoms with Crippen LogP contribution in [0.25, 0.3) is 0 Å². The van der Waals surface area contributed by atoms with Crippen LogP contribution in [0.3, 0.4) is 0 Å². The van der Waals surface area contributed by atoms with E-state index >= 15 is 0 Å². The highest BCUT2D eigenvalue weighted by atomic mass is 16.5. The molecule has 1 aliphatic carbocycles. The van der Waals surface area contributed by atoms with Crippen LogP contribution in [0.4, 0.5) is 16.2 Å². The number of primary amides is 1. The summed E-state index contributed by atoms with van der Waals surface area (Å²) in [6.07, 6.45) is 7.34. The van der Waals surface area contributed by atoms with Crippen molar-refractivity contribution in [2.24, 2.45) is 5.73 Å². The second-order valence-corrected chi connectivity index (χ2v) is 7.67. The van der Waals surface area contributed by atoms with Gasteiger partial charge in [0.25, 0.3) is 0 Å². The zero-order valence-corrected chi connectivity index (χ0v) is 23.3. The molecule has 42 heavy (non-hydrogen) atoms. The highest BCUT2D eigenvalue weighted by molar-refractivity contribution is 6.03. The molecular weight excluding hydrogens is 544 g/mol. The van der Waals surface area contributed by atoms with Crippen LogP contribution >= 0.6 is 0 Å². The lowest BCUT2D eigenvalue weighted by molar-refractivity contribution is -0.191. The van der Waals surface area contributed by atoms with Crippen molar-refractivity contribution in [2.45, 2.75) is 41.3 Å². The molecule has 0 saturated carbocycles. The standard InChI is InChI=1S/C11H13NO3.C10H12N2O3.C7H7N.CO2.CH4/c1-8(13)12-11-5-3-10(4-6-11)7-15-9(2)14;1-7(13)15-6-8-2-4-9(5-3-8)12-10(11)14;1-6-2-4-7(8)5-3-6;2-1-3;/h3-6H,7H2,1-2H3,(H,12,13);2-5H,6H2,1H3,(H3,11,12,14);2-5,8H,1H2;;1H4/i2D;1D;;;1D. The minimum atomic E-state index is -0.631. The Balaban J connectivity index is 0. The van der Waals surface area contributed by atoms with Crippen LogP contribution in [0.15, 0.2) is 85.0 Å². The predicted octanol–water partition coefficient (Wildman–Crippen LogP) is 4.69. The van der Waals surface area contributed by atoms with Crippen molar-refractivity contribution < 1.29 is 42.4 Å². The van der Waals surface area contributed by atoms with Crippen molar-refractivity contribution >= 4 is 47.1 Å². The summed E-state index contributed by atoms with van der Waals surface area (Å²) in [7, 11) is 1.25. The smallest absolute Gasteiger partial charge is 0.373 e. The van der Waals surface area contributed by atoms with Crippen LogP contribution in [0, 0.1) is 5.41 Å². The average Bonchev–Trinajstić information content (AvgIpc) is 3.03. The predicted molar refractivity (Wildman–Crippen MR) is 158 cm³/mol. The Morgan fingerprint density at radius 2 is 1.24 bits per heavy atom. The fourth-order valence-electron chi connectivity index (χ4n) is 2.55. The fourth-order valence-corrected chi connectivity index (χ4v) is 2.55. The van der Waals surface area contributed by atoms with Gasteiger partial charge in [-0.25, -0.2) is 4.79 Å². The Morgan fingerprint density at radius 3 is 1.55 bits per heavy atom. The van der Waals surface area contributed by atoms with E-state index in [-0.39, 0.29) is 39.1 Å². The lowest BCUT2D eigenvalue weighted by atomic mass is 10.1. The number of carbonyl (C=O) groups excluding carboxylic acids is 6. The number of urea groups is 1. The van der Waals surface area contributed by atoms with Crippen molar-refractivity contribution in [2.75, 3.05) is 10.6 Å². The van der Waals surface area contributed by atoms with Gasteiger partial charge in [-0.05, 0) is 53.1 Å². The number of carbonyl (C=O) groups is 4. The topological polar surface area (TPSA) is 195 Å². The minimum absolute atomic E-state index is 0.120. The van der Waals surface area contributed by atoms with E-state index in [2.05, 4.69) is 17.2 Å². The molecular formula is C30H36N4O8. The first-order valence-electron chi connectivity index (χ1n) is 13.9. The molecule has 12 nitrogen and oxygen atoms in total. The maximum Gasteiger partial charge on any atom is 0.373 e. The summed E-state index contributed by atoms with van der Waals surface area (Å²) in [6.45, 7) is 4.62. The van der Waals surface area contributed by atoms with Crippen molar-refractivity contribution in [1.82, 2.24) is 0 Å². The number of hydrogen-bond acceptors (Lipinski definition) is 9. The van der Waals surface area contributed by atoms with Crippen molar-refractivity contribution in [3.8, 4) is 0 Å². The molecule has 0 heterocycles. The Labute approximate surface area is 249 Å². The van der Waals surface area contributed by atoms with E-state index in [0.717, 1.165) is 16.7 Å². The van der Waals surface area contributed by atoms with Crippen molar-refractivity contribution in [3.63, 3.8) is 0 Å². The molecule has 2 aromatic carbocycles. The molecule has 2 aromatic rings. The molecule has 0 atom stereocenters. The van der Waals surface area contributed by atoms with Crippen LogP contribution in [0.5, 0.6) is 0 Å². The third-order valence-electron chi connectivity index (χ3n) is 4.25. The molecule has 0 bridgehead atoms. The molecule has 3 amide bonds. The largest absolute Gasteiger partial charge is 0.461 e. The third kappa shape index (κ3) is 21.3. The summed E-state index contributed by atoms with van der Waals surface area (Å²) in [6, 6.07) is 13.0. The van der Waals surface area contributed by atoms with E-state index in [0.29, 0.717) is 17.1 Å². The van der Waals surface area contributed by atoms with Gasteiger partial charge in [0.05, 0.1) is 5.71 Å². The van der Waals surface area contributed by atoms with Gasteiger partial charge in [-0.3, -0.25) is 14.4 Å². The number of hydrogen-bond donors (Lipinski definition) is 4. The number of ether oxygens (including phenoxy) is 2. The first-order valence-corrected chi connectivity index (χ1v) is 11.5. The molecule has 0 radical (unpaired) electrons. The van der Waals surface area contributed by atoms with Crippen LogP contribution in [0.2, 0.25) is 0 Å². The molecule has 0 fully saturated rings. The molecule has 0 aromatic heterocycles. The zero-order chi connectivity index (χ0) is 34.6. The number of amides is 3. The normalized spacial score (nSPS) is 11.0. The second-order valence-electron chi connectivity index (χ2n) is 7.67. The zero-order valence-electron chi connectivity index (χ0n) is 26.3. The van der Waals surface area contributed by atoms with Crippen LogP contribution in [-0.4, -0.2) is 35.7 Å². The van der Waals surface area contributed by atoms with Crippen LogP contribution < -0.4 is 16.4 Å². The molecule has 0 saturated heterocycles. The van der Waals surface area contributed by atoms with Gasteiger partial charge >= 0.3 is 24.1 Å². The minimum Gasteiger partial charge on any atom is -0.461 e. The number of allylic oxidation sites excluding steroid dienone is 5. The van der Waals surface area contributed by atoms with Crippen LogP contribution in [-0.2, 0) is 46.7 Å². The Bertz CT molecular complexity index is 1230. The lowest BCUT2D eigenvalue weighted by Crippen LogP contribution is -2.19. The van der Waals surface area contributed by atoms with Gasteiger partial charge in [0.15, 0.2) is 0 Å². The summed E-state index contributed by atoms with van der Waals surface area (Å²) < 4.78 is 28.8. The van der Waals surface area contributed by atoms with E-state index in [1.54, 1.807) is 60.7 Å². The molecule has 0 spiro atoms. The Morgan fingerprint density at radius 1 is 0.857 bits per heavy atom. The fraction of sp³-hybridized carbons (Fsp3) is 0.200.